The molecule has 2 aromatic carbocycles. The van der Waals surface area contributed by atoms with Gasteiger partial charge in [0.2, 0.25) is 0 Å². The predicted octanol–water partition coefficient (Wildman–Crippen LogP) is 4.17. The molecule has 1 saturated heterocycles. The summed E-state index contributed by atoms with van der Waals surface area (Å²) in [7, 11) is 0. The molecule has 0 spiro atoms. The van der Waals surface area contributed by atoms with Crippen LogP contribution in [0.3, 0.4) is 0 Å². The predicted molar refractivity (Wildman–Crippen MR) is 120 cm³/mol. The van der Waals surface area contributed by atoms with Crippen LogP contribution in [0.15, 0.2) is 60.7 Å². The molecule has 1 aliphatic heterocycles. The average Bonchev–Trinajstić information content (AvgIpc) is 3.12. The van der Waals surface area contributed by atoms with Crippen molar-refractivity contribution in [2.45, 2.75) is 58.2 Å². The summed E-state index contributed by atoms with van der Waals surface area (Å²) in [5.41, 5.74) is 2.38. The van der Waals surface area contributed by atoms with Gasteiger partial charge in [-0.1, -0.05) is 72.5 Å². The Kier molecular flexibility index (Phi) is 8.25. The van der Waals surface area contributed by atoms with Crippen molar-refractivity contribution in [1.29, 1.82) is 0 Å². The summed E-state index contributed by atoms with van der Waals surface area (Å²) in [6, 6.07) is 20.4. The number of hydrogen-bond donors (Lipinski definition) is 0. The Balaban J connectivity index is 1.88. The van der Waals surface area contributed by atoms with Crippen LogP contribution in [-0.2, 0) is 32.1 Å². The molecular weight excluding hydrogens is 390 g/mol. The normalized spacial score (nSPS) is 18.3. The van der Waals surface area contributed by atoms with Gasteiger partial charge in [-0.25, -0.2) is 0 Å². The smallest absolute Gasteiger partial charge is 0.317 e. The maximum absolute atomic E-state index is 11.8. The summed E-state index contributed by atoms with van der Waals surface area (Å²) >= 11 is 0. The lowest BCUT2D eigenvalue weighted by Crippen LogP contribution is -2.44. The highest BCUT2D eigenvalue weighted by Crippen LogP contribution is 2.27. The van der Waals surface area contributed by atoms with Gasteiger partial charge in [0.1, 0.15) is 18.6 Å². The van der Waals surface area contributed by atoms with E-state index in [0.717, 1.165) is 0 Å². The molecule has 164 valence electrons. The van der Waals surface area contributed by atoms with Crippen molar-refractivity contribution in [2.75, 3.05) is 13.2 Å². The Labute approximate surface area is 185 Å². The maximum atomic E-state index is 11.8. The third-order valence-electron chi connectivity index (χ3n) is 5.02. The number of esters is 1. The molecule has 5 nitrogen and oxygen atoms in total. The molecule has 0 aliphatic carbocycles. The molecule has 2 aromatic rings. The van der Waals surface area contributed by atoms with Gasteiger partial charge in [-0.05, 0) is 31.9 Å². The summed E-state index contributed by atoms with van der Waals surface area (Å²) in [5, 5.41) is 0. The van der Waals surface area contributed by atoms with Crippen molar-refractivity contribution in [3.8, 4) is 11.8 Å². The monoisotopic (exact) mass is 421 g/mol. The van der Waals surface area contributed by atoms with E-state index in [4.69, 9.17) is 14.2 Å². The number of hydrogen-bond acceptors (Lipinski definition) is 5. The molecule has 0 aromatic heterocycles. The van der Waals surface area contributed by atoms with E-state index in [2.05, 4.69) is 41.0 Å². The van der Waals surface area contributed by atoms with E-state index in [9.17, 15) is 4.79 Å². The second-order valence-electron chi connectivity index (χ2n) is 7.99. The molecule has 0 N–H and O–H groups in total. The van der Waals surface area contributed by atoms with Gasteiger partial charge < -0.3 is 14.2 Å². The van der Waals surface area contributed by atoms with E-state index < -0.39 is 5.79 Å². The second kappa shape index (κ2) is 11.1. The summed E-state index contributed by atoms with van der Waals surface area (Å²) in [5.74, 6) is 5.36. The van der Waals surface area contributed by atoms with Gasteiger partial charge in [0, 0.05) is 13.1 Å². The Morgan fingerprint density at radius 3 is 2.16 bits per heavy atom. The lowest BCUT2D eigenvalue weighted by atomic mass is 10.1. The second-order valence-corrected chi connectivity index (χ2v) is 7.99. The molecule has 0 bridgehead atoms. The number of rotatable bonds is 8. The van der Waals surface area contributed by atoms with E-state index in [0.29, 0.717) is 26.3 Å². The van der Waals surface area contributed by atoms with E-state index >= 15 is 0 Å². The number of carbonyl (C=O) groups excluding carboxylic acids is 1. The molecule has 0 radical (unpaired) electrons. The van der Waals surface area contributed by atoms with Gasteiger partial charge in [0.05, 0.1) is 13.2 Å². The topological polar surface area (TPSA) is 48.0 Å². The number of carbonyl (C=O) groups is 1. The van der Waals surface area contributed by atoms with Gasteiger partial charge in [-0.15, -0.1) is 0 Å². The van der Waals surface area contributed by atoms with Crippen molar-refractivity contribution in [2.24, 2.45) is 0 Å². The largest absolute Gasteiger partial charge is 0.465 e. The molecule has 1 aliphatic rings. The van der Waals surface area contributed by atoms with Crippen LogP contribution in [0.5, 0.6) is 0 Å². The minimum absolute atomic E-state index is 0.0613. The highest BCUT2D eigenvalue weighted by molar-refractivity contribution is 5.72. The highest BCUT2D eigenvalue weighted by atomic mass is 16.7. The van der Waals surface area contributed by atoms with Crippen LogP contribution in [-0.4, -0.2) is 42.0 Å². The first-order chi connectivity index (χ1) is 15.0. The van der Waals surface area contributed by atoms with Crippen LogP contribution in [0.4, 0.5) is 0 Å². The Morgan fingerprint density at radius 2 is 1.68 bits per heavy atom. The lowest BCUT2D eigenvalue weighted by Gasteiger charge is -2.32. The fourth-order valence-electron chi connectivity index (χ4n) is 3.62. The van der Waals surface area contributed by atoms with Crippen molar-refractivity contribution in [3.63, 3.8) is 0 Å². The molecule has 1 fully saturated rings. The van der Waals surface area contributed by atoms with Crippen molar-refractivity contribution < 1.29 is 19.0 Å². The van der Waals surface area contributed by atoms with E-state index in [1.54, 1.807) is 6.92 Å². The van der Waals surface area contributed by atoms with E-state index in [-0.39, 0.29) is 24.5 Å². The number of benzene rings is 2. The molecule has 0 amide bonds. The molecule has 2 atom stereocenters. The molecule has 1 heterocycles. The first-order valence-corrected chi connectivity index (χ1v) is 10.7. The standard InChI is InChI=1S/C26H31NO4/c1-4-29-25(28)17-11-16-23(24-20-30-26(2,3)31-24)27(18-21-12-7-5-8-13-21)19-22-14-9-6-10-15-22/h5-10,12-15,23-24H,4,17-20H2,1-3H3/t23-,24-/m1/s1. The fourth-order valence-corrected chi connectivity index (χ4v) is 3.62. The third-order valence-corrected chi connectivity index (χ3v) is 5.02. The van der Waals surface area contributed by atoms with Crippen LogP contribution in [0.1, 0.15) is 38.3 Å². The Bertz CT molecular complexity index is 844. The maximum Gasteiger partial charge on any atom is 0.317 e. The zero-order valence-corrected chi connectivity index (χ0v) is 18.5. The van der Waals surface area contributed by atoms with Gasteiger partial charge >= 0.3 is 5.97 Å². The molecule has 0 saturated carbocycles. The van der Waals surface area contributed by atoms with Crippen LogP contribution >= 0.6 is 0 Å². The highest BCUT2D eigenvalue weighted by Gasteiger charge is 2.39. The first-order valence-electron chi connectivity index (χ1n) is 10.7. The minimum Gasteiger partial charge on any atom is -0.465 e. The summed E-state index contributed by atoms with van der Waals surface area (Å²) < 4.78 is 17.1. The molecule has 5 heteroatoms. The van der Waals surface area contributed by atoms with E-state index in [1.165, 1.54) is 11.1 Å². The lowest BCUT2D eigenvalue weighted by molar-refractivity contribution is -0.144. The first kappa shape index (κ1) is 23.0. The zero-order valence-electron chi connectivity index (χ0n) is 18.5. The van der Waals surface area contributed by atoms with Crippen LogP contribution < -0.4 is 0 Å². The van der Waals surface area contributed by atoms with E-state index in [1.807, 2.05) is 50.2 Å². The Morgan fingerprint density at radius 1 is 1.10 bits per heavy atom. The van der Waals surface area contributed by atoms with Crippen LogP contribution in [0, 0.1) is 11.8 Å². The van der Waals surface area contributed by atoms with Gasteiger partial charge in [-0.2, -0.15) is 0 Å². The molecule has 0 unspecified atom stereocenters. The van der Waals surface area contributed by atoms with Gasteiger partial charge in [0.25, 0.3) is 0 Å². The fraction of sp³-hybridized carbons (Fsp3) is 0.423. The Hall–Kier alpha value is -2.65. The van der Waals surface area contributed by atoms with Crippen LogP contribution in [0.2, 0.25) is 0 Å². The molecule has 3 rings (SSSR count). The van der Waals surface area contributed by atoms with Crippen molar-refractivity contribution in [1.82, 2.24) is 4.90 Å². The van der Waals surface area contributed by atoms with Crippen molar-refractivity contribution >= 4 is 5.97 Å². The zero-order chi connectivity index (χ0) is 22.1. The SMILES string of the molecule is CCOC(=O)CC#C[C@H]([C@H]1COC(C)(C)O1)N(Cc1ccccc1)Cc1ccccc1. The summed E-state index contributed by atoms with van der Waals surface area (Å²) in [6.45, 7) is 7.83. The third kappa shape index (κ3) is 7.22. The van der Waals surface area contributed by atoms with Crippen LogP contribution in [0.25, 0.3) is 0 Å². The summed E-state index contributed by atoms with van der Waals surface area (Å²) in [4.78, 5) is 14.1. The van der Waals surface area contributed by atoms with Gasteiger partial charge in [-0.3, -0.25) is 9.69 Å². The van der Waals surface area contributed by atoms with Gasteiger partial charge in [0.15, 0.2) is 5.79 Å². The average molecular weight is 422 g/mol. The summed E-state index contributed by atoms with van der Waals surface area (Å²) in [6.07, 6.45) is -0.164. The van der Waals surface area contributed by atoms with Crippen molar-refractivity contribution in [3.05, 3.63) is 71.8 Å². The molecule has 31 heavy (non-hydrogen) atoms. The number of ether oxygens (including phenoxy) is 3. The minimum atomic E-state index is -0.656. The molecular formula is C26H31NO4. The quantitative estimate of drug-likeness (QED) is 0.473. The number of nitrogens with zero attached hydrogens (tertiary/aromatic N) is 1.